The molecule has 3 aromatic heterocycles. The third-order valence-corrected chi connectivity index (χ3v) is 7.30. The number of fused-ring (bicyclic) bond motifs is 2. The van der Waals surface area contributed by atoms with Gasteiger partial charge >= 0.3 is 0 Å². The highest BCUT2D eigenvalue weighted by atomic mass is 19.1. The first-order valence-corrected chi connectivity index (χ1v) is 11.5. The minimum atomic E-state index is -1.05. The number of aromatic nitrogens is 4. The van der Waals surface area contributed by atoms with Crippen LogP contribution in [0.4, 0.5) is 4.39 Å². The van der Waals surface area contributed by atoms with Gasteiger partial charge in [0.1, 0.15) is 6.17 Å². The molecule has 1 fully saturated rings. The molecule has 164 valence electrons. The van der Waals surface area contributed by atoms with Gasteiger partial charge in [0.05, 0.1) is 35.4 Å². The van der Waals surface area contributed by atoms with Crippen LogP contribution in [0.5, 0.6) is 0 Å². The molecule has 1 atom stereocenters. The van der Waals surface area contributed by atoms with Crippen LogP contribution in [0.15, 0.2) is 30.7 Å². The molecule has 7 heteroatoms. The first kappa shape index (κ1) is 19.6. The highest BCUT2D eigenvalue weighted by molar-refractivity contribution is 5.99. The number of hydrogen-bond acceptors (Lipinski definition) is 4. The van der Waals surface area contributed by atoms with Crippen LogP contribution in [0.25, 0.3) is 22.4 Å². The molecule has 1 amide bonds. The molecule has 1 aliphatic heterocycles. The van der Waals surface area contributed by atoms with Crippen molar-refractivity contribution in [3.8, 4) is 22.4 Å². The fourth-order valence-corrected chi connectivity index (χ4v) is 5.49. The Morgan fingerprint density at radius 3 is 2.88 bits per heavy atom. The second-order valence-electron chi connectivity index (χ2n) is 9.78. The molecule has 0 spiro atoms. The van der Waals surface area contributed by atoms with Crippen molar-refractivity contribution in [3.05, 3.63) is 53.2 Å². The van der Waals surface area contributed by atoms with E-state index in [4.69, 9.17) is 4.98 Å². The third-order valence-electron chi connectivity index (χ3n) is 7.30. The summed E-state index contributed by atoms with van der Waals surface area (Å²) < 4.78 is 16.6. The van der Waals surface area contributed by atoms with Gasteiger partial charge in [-0.1, -0.05) is 19.8 Å². The van der Waals surface area contributed by atoms with Crippen molar-refractivity contribution in [2.24, 2.45) is 5.41 Å². The van der Waals surface area contributed by atoms with Gasteiger partial charge in [-0.15, -0.1) is 0 Å². The third kappa shape index (κ3) is 3.22. The number of amides is 1. The number of carbonyl (C=O) groups excluding carboxylic acids is 1. The maximum atomic E-state index is 14.5. The van der Waals surface area contributed by atoms with Crippen LogP contribution < -0.4 is 5.32 Å². The van der Waals surface area contributed by atoms with Crippen LogP contribution >= 0.6 is 0 Å². The van der Waals surface area contributed by atoms with Gasteiger partial charge in [0.2, 0.25) is 0 Å². The van der Waals surface area contributed by atoms with E-state index in [0.717, 1.165) is 34.5 Å². The summed E-state index contributed by atoms with van der Waals surface area (Å²) in [5, 5.41) is 7.45. The normalized spacial score (nSPS) is 20.9. The number of halogens is 1. The van der Waals surface area contributed by atoms with Crippen molar-refractivity contribution in [1.82, 2.24) is 25.1 Å². The molecular weight excluding hydrogens is 405 g/mol. The summed E-state index contributed by atoms with van der Waals surface area (Å²) in [6, 6.07) is 3.89. The average Bonchev–Trinajstić information content (AvgIpc) is 3.57. The summed E-state index contributed by atoms with van der Waals surface area (Å²) in [7, 11) is 0. The number of pyridine rings is 2. The minimum absolute atomic E-state index is 0.127. The van der Waals surface area contributed by atoms with Crippen LogP contribution in [0.3, 0.4) is 0 Å². The van der Waals surface area contributed by atoms with Crippen LogP contribution in [0.2, 0.25) is 0 Å². The molecule has 32 heavy (non-hydrogen) atoms. The van der Waals surface area contributed by atoms with Crippen LogP contribution in [-0.4, -0.2) is 25.7 Å². The Balaban J connectivity index is 1.44. The molecule has 6 rings (SSSR count). The summed E-state index contributed by atoms with van der Waals surface area (Å²) in [6.45, 7) is 3.68. The molecule has 0 bridgehead atoms. The van der Waals surface area contributed by atoms with E-state index in [-0.39, 0.29) is 5.91 Å². The monoisotopic (exact) mass is 431 g/mol. The standard InChI is InChI=1S/C25H26FN5O/c1-25(6-2-3-7-25)14-31-13-17(11-29-31)18-8-15-4-5-20(26)23(15)30-22(18)16-9-19-21(27-10-16)12-28-24(19)32/h8-11,13,20H,2-7,12,14H2,1H3,(H,28,32)/t20-/m1/s1. The number of nitrogens with one attached hydrogen (secondary N) is 1. The van der Waals surface area contributed by atoms with Crippen molar-refractivity contribution >= 4 is 5.91 Å². The number of alkyl halides is 1. The first-order valence-electron chi connectivity index (χ1n) is 11.5. The highest BCUT2D eigenvalue weighted by Crippen LogP contribution is 2.41. The molecular formula is C25H26FN5O. The number of carbonyl (C=O) groups is 1. The number of rotatable bonds is 4. The average molecular weight is 432 g/mol. The van der Waals surface area contributed by atoms with Gasteiger partial charge in [0.15, 0.2) is 0 Å². The minimum Gasteiger partial charge on any atom is -0.346 e. The number of hydrogen-bond donors (Lipinski definition) is 1. The van der Waals surface area contributed by atoms with E-state index in [1.54, 1.807) is 6.20 Å². The Morgan fingerprint density at radius 2 is 2.03 bits per heavy atom. The van der Waals surface area contributed by atoms with Crippen molar-refractivity contribution in [2.75, 3.05) is 0 Å². The summed E-state index contributed by atoms with van der Waals surface area (Å²) in [5.41, 5.74) is 6.34. The zero-order valence-electron chi connectivity index (χ0n) is 18.2. The maximum Gasteiger partial charge on any atom is 0.253 e. The Kier molecular flexibility index (Phi) is 4.42. The Bertz CT molecular complexity index is 1230. The topological polar surface area (TPSA) is 72.7 Å². The van der Waals surface area contributed by atoms with E-state index in [1.807, 2.05) is 16.9 Å². The molecule has 4 heterocycles. The maximum absolute atomic E-state index is 14.5. The van der Waals surface area contributed by atoms with E-state index < -0.39 is 6.17 Å². The zero-order chi connectivity index (χ0) is 21.9. The number of nitrogens with zero attached hydrogens (tertiary/aromatic N) is 4. The van der Waals surface area contributed by atoms with Crippen LogP contribution in [-0.2, 0) is 19.5 Å². The molecule has 3 aliphatic rings. The SMILES string of the molecule is CC1(Cn2cc(-c3cc4c(nc3-c3cnc5c(c3)C(=O)NC5)[C@H](F)CC4)cn2)CCCC1. The van der Waals surface area contributed by atoms with Crippen molar-refractivity contribution in [2.45, 2.75) is 64.7 Å². The molecule has 0 saturated heterocycles. The lowest BCUT2D eigenvalue weighted by Crippen LogP contribution is -2.19. The lowest BCUT2D eigenvalue weighted by molar-refractivity contribution is 0.0966. The Morgan fingerprint density at radius 1 is 1.19 bits per heavy atom. The lowest BCUT2D eigenvalue weighted by atomic mass is 9.89. The van der Waals surface area contributed by atoms with Gasteiger partial charge in [-0.2, -0.15) is 5.10 Å². The van der Waals surface area contributed by atoms with Crippen LogP contribution in [0, 0.1) is 5.41 Å². The van der Waals surface area contributed by atoms with Gasteiger partial charge in [0, 0.05) is 35.6 Å². The summed E-state index contributed by atoms with van der Waals surface area (Å²) in [4.78, 5) is 21.4. The summed E-state index contributed by atoms with van der Waals surface area (Å²) in [6.07, 6.45) is 10.8. The smallest absolute Gasteiger partial charge is 0.253 e. The fourth-order valence-electron chi connectivity index (χ4n) is 5.49. The molecule has 6 nitrogen and oxygen atoms in total. The Labute approximate surface area is 186 Å². The first-order chi connectivity index (χ1) is 15.5. The van der Waals surface area contributed by atoms with Gasteiger partial charge in [0.25, 0.3) is 5.91 Å². The predicted octanol–water partition coefficient (Wildman–Crippen LogP) is 4.79. The van der Waals surface area contributed by atoms with E-state index in [1.165, 1.54) is 25.7 Å². The van der Waals surface area contributed by atoms with Gasteiger partial charge < -0.3 is 5.32 Å². The number of aryl methyl sites for hydroxylation is 1. The van der Waals surface area contributed by atoms with E-state index in [2.05, 4.69) is 34.6 Å². The molecule has 0 radical (unpaired) electrons. The molecule has 3 aromatic rings. The Hall–Kier alpha value is -3.09. The van der Waals surface area contributed by atoms with Gasteiger partial charge in [-0.25, -0.2) is 9.37 Å². The van der Waals surface area contributed by atoms with Crippen LogP contribution in [0.1, 0.15) is 72.5 Å². The summed E-state index contributed by atoms with van der Waals surface area (Å²) in [5.74, 6) is -0.127. The second kappa shape index (κ2) is 7.22. The van der Waals surface area contributed by atoms with Crippen molar-refractivity contribution < 1.29 is 9.18 Å². The molecule has 1 saturated carbocycles. The van der Waals surface area contributed by atoms with Crippen molar-refractivity contribution in [3.63, 3.8) is 0 Å². The zero-order valence-corrected chi connectivity index (χ0v) is 18.2. The van der Waals surface area contributed by atoms with E-state index >= 15 is 0 Å². The quantitative estimate of drug-likeness (QED) is 0.645. The second-order valence-corrected chi connectivity index (χ2v) is 9.78. The summed E-state index contributed by atoms with van der Waals surface area (Å²) >= 11 is 0. The fraction of sp³-hybridized carbons (Fsp3) is 0.440. The highest BCUT2D eigenvalue weighted by Gasteiger charge is 2.30. The lowest BCUT2D eigenvalue weighted by Gasteiger charge is -2.23. The van der Waals surface area contributed by atoms with Gasteiger partial charge in [-0.3, -0.25) is 14.5 Å². The van der Waals surface area contributed by atoms with Crippen molar-refractivity contribution in [1.29, 1.82) is 0 Å². The predicted molar refractivity (Wildman–Crippen MR) is 119 cm³/mol. The molecule has 0 unspecified atom stereocenters. The largest absolute Gasteiger partial charge is 0.346 e. The van der Waals surface area contributed by atoms with Gasteiger partial charge in [-0.05, 0) is 48.8 Å². The van der Waals surface area contributed by atoms with E-state index in [9.17, 15) is 9.18 Å². The molecule has 0 aromatic carbocycles. The molecule has 1 N–H and O–H groups in total. The van der Waals surface area contributed by atoms with E-state index in [0.29, 0.717) is 41.8 Å². The molecule has 2 aliphatic carbocycles.